The smallest absolute Gasteiger partial charge is 0.179 e. The molecule has 0 bridgehead atoms. The van der Waals surface area contributed by atoms with Crippen molar-refractivity contribution < 1.29 is 0 Å². The maximum Gasteiger partial charge on any atom is 0.179 e. The van der Waals surface area contributed by atoms with Crippen LogP contribution in [0.15, 0.2) is 17.0 Å². The molecule has 0 radical (unpaired) electrons. The first-order valence-corrected chi connectivity index (χ1v) is 7.53. The van der Waals surface area contributed by atoms with Gasteiger partial charge in [0, 0.05) is 13.0 Å². The summed E-state index contributed by atoms with van der Waals surface area (Å²) in [6.07, 6.45) is 8.38. The maximum atomic E-state index is 6.24. The fraction of sp³-hybridized carbons (Fsp3) is 0.462. The largest absolute Gasteiger partial charge is 0.331 e. The minimum Gasteiger partial charge on any atom is -0.331 e. The van der Waals surface area contributed by atoms with E-state index in [1.807, 2.05) is 11.6 Å². The lowest BCUT2D eigenvalue weighted by Gasteiger charge is -2.13. The summed E-state index contributed by atoms with van der Waals surface area (Å²) < 4.78 is 2.74. The van der Waals surface area contributed by atoms with Crippen LogP contribution in [0.2, 0.25) is 5.15 Å². The van der Waals surface area contributed by atoms with E-state index >= 15 is 0 Å². The number of imidazole rings is 1. The molecule has 0 aromatic carbocycles. The van der Waals surface area contributed by atoms with Crippen molar-refractivity contribution in [3.63, 3.8) is 0 Å². The summed E-state index contributed by atoms with van der Waals surface area (Å²) in [5.74, 6) is 1.14. The molecule has 19 heavy (non-hydrogen) atoms. The second-order valence-electron chi connectivity index (χ2n) is 4.91. The van der Waals surface area contributed by atoms with Crippen molar-refractivity contribution in [2.75, 3.05) is 0 Å². The number of nitrogens with zero attached hydrogens (tertiary/aromatic N) is 4. The summed E-state index contributed by atoms with van der Waals surface area (Å²) in [4.78, 5) is 13.2. The Bertz CT molecular complexity index is 605. The van der Waals surface area contributed by atoms with Crippen LogP contribution in [-0.4, -0.2) is 19.5 Å². The SMILES string of the molecule is Cn1cncc1-c1nc(Cl)c(Br)c(C2CCCC2)n1. The van der Waals surface area contributed by atoms with Crippen molar-refractivity contribution in [2.45, 2.75) is 31.6 Å². The summed E-state index contributed by atoms with van der Waals surface area (Å²) >= 11 is 9.77. The van der Waals surface area contributed by atoms with Crippen molar-refractivity contribution in [1.82, 2.24) is 19.5 Å². The standard InChI is InChI=1S/C13H14BrClN4/c1-19-7-16-6-9(19)13-17-11(8-4-2-3-5-8)10(14)12(15)18-13/h6-8H,2-5H2,1H3. The number of halogens is 2. The third kappa shape index (κ3) is 2.41. The summed E-state index contributed by atoms with van der Waals surface area (Å²) in [5.41, 5.74) is 1.92. The fourth-order valence-corrected chi connectivity index (χ4v) is 3.27. The first-order valence-electron chi connectivity index (χ1n) is 6.36. The van der Waals surface area contributed by atoms with Gasteiger partial charge in [-0.3, -0.25) is 0 Å². The molecule has 0 N–H and O–H groups in total. The van der Waals surface area contributed by atoms with Crippen LogP contribution in [0.1, 0.15) is 37.3 Å². The number of aryl methyl sites for hydroxylation is 1. The quantitative estimate of drug-likeness (QED) is 0.777. The molecule has 0 atom stereocenters. The van der Waals surface area contributed by atoms with Gasteiger partial charge in [0.05, 0.1) is 22.7 Å². The number of hydrogen-bond acceptors (Lipinski definition) is 3. The summed E-state index contributed by atoms with van der Waals surface area (Å²) in [6.45, 7) is 0. The van der Waals surface area contributed by atoms with Crippen molar-refractivity contribution in [3.05, 3.63) is 27.8 Å². The Balaban J connectivity index is 2.10. The molecule has 1 saturated carbocycles. The Morgan fingerprint density at radius 1 is 1.32 bits per heavy atom. The molecule has 0 unspecified atom stereocenters. The molecule has 0 amide bonds. The number of rotatable bonds is 2. The lowest BCUT2D eigenvalue weighted by Crippen LogP contribution is -2.04. The normalized spacial score (nSPS) is 16.2. The molecule has 2 aromatic rings. The summed E-state index contributed by atoms with van der Waals surface area (Å²) in [5, 5.41) is 0.480. The Kier molecular flexibility index (Phi) is 3.58. The Morgan fingerprint density at radius 2 is 2.05 bits per heavy atom. The van der Waals surface area contributed by atoms with Crippen LogP contribution < -0.4 is 0 Å². The van der Waals surface area contributed by atoms with Crippen molar-refractivity contribution >= 4 is 27.5 Å². The molecule has 0 spiro atoms. The molecular formula is C13H14BrClN4. The van der Waals surface area contributed by atoms with Crippen molar-refractivity contribution in [1.29, 1.82) is 0 Å². The second-order valence-corrected chi connectivity index (χ2v) is 6.06. The highest BCUT2D eigenvalue weighted by Crippen LogP contribution is 2.39. The van der Waals surface area contributed by atoms with E-state index in [9.17, 15) is 0 Å². The average Bonchev–Trinajstić information content (AvgIpc) is 3.03. The van der Waals surface area contributed by atoms with Gasteiger partial charge >= 0.3 is 0 Å². The highest BCUT2D eigenvalue weighted by molar-refractivity contribution is 9.10. The zero-order valence-electron chi connectivity index (χ0n) is 10.6. The van der Waals surface area contributed by atoms with E-state index < -0.39 is 0 Å². The lowest BCUT2D eigenvalue weighted by molar-refractivity contribution is 0.689. The van der Waals surface area contributed by atoms with E-state index in [0.717, 1.165) is 15.9 Å². The maximum absolute atomic E-state index is 6.24. The molecule has 6 heteroatoms. The number of aromatic nitrogens is 4. The molecule has 1 fully saturated rings. The molecule has 1 aliphatic carbocycles. The summed E-state index contributed by atoms with van der Waals surface area (Å²) in [6, 6.07) is 0. The zero-order valence-corrected chi connectivity index (χ0v) is 12.9. The average molecular weight is 342 g/mol. The van der Waals surface area contributed by atoms with Gasteiger partial charge in [-0.25, -0.2) is 15.0 Å². The van der Waals surface area contributed by atoms with Crippen LogP contribution in [0.4, 0.5) is 0 Å². The van der Waals surface area contributed by atoms with E-state index in [-0.39, 0.29) is 0 Å². The van der Waals surface area contributed by atoms with Crippen LogP contribution >= 0.6 is 27.5 Å². The molecule has 3 rings (SSSR count). The minimum atomic E-state index is 0.480. The monoisotopic (exact) mass is 340 g/mol. The second kappa shape index (κ2) is 5.21. The molecule has 0 saturated heterocycles. The highest BCUT2D eigenvalue weighted by atomic mass is 79.9. The van der Waals surface area contributed by atoms with Crippen LogP contribution in [0.5, 0.6) is 0 Å². The molecule has 4 nitrogen and oxygen atoms in total. The van der Waals surface area contributed by atoms with Crippen LogP contribution in [0, 0.1) is 0 Å². The highest BCUT2D eigenvalue weighted by Gasteiger charge is 2.24. The van der Waals surface area contributed by atoms with Gasteiger partial charge in [0.25, 0.3) is 0 Å². The van der Waals surface area contributed by atoms with Gasteiger partial charge in [-0.15, -0.1) is 0 Å². The van der Waals surface area contributed by atoms with Crippen LogP contribution in [0.25, 0.3) is 11.5 Å². The zero-order chi connectivity index (χ0) is 13.4. The van der Waals surface area contributed by atoms with Gasteiger partial charge in [-0.1, -0.05) is 24.4 Å². The molecule has 0 aliphatic heterocycles. The lowest BCUT2D eigenvalue weighted by atomic mass is 10.0. The predicted molar refractivity (Wildman–Crippen MR) is 78.2 cm³/mol. The first-order chi connectivity index (χ1) is 9.16. The molecule has 2 heterocycles. The third-order valence-corrected chi connectivity index (χ3v) is 4.91. The third-order valence-electron chi connectivity index (χ3n) is 3.62. The van der Waals surface area contributed by atoms with Gasteiger partial charge in [-0.2, -0.15) is 0 Å². The van der Waals surface area contributed by atoms with Gasteiger partial charge in [0.2, 0.25) is 0 Å². The molecule has 2 aromatic heterocycles. The van der Waals surface area contributed by atoms with E-state index in [4.69, 9.17) is 16.6 Å². The Labute approximate surface area is 125 Å². The fourth-order valence-electron chi connectivity index (χ4n) is 2.59. The predicted octanol–water partition coefficient (Wildman–Crippen LogP) is 3.95. The molecule has 100 valence electrons. The number of hydrogen-bond donors (Lipinski definition) is 0. The Morgan fingerprint density at radius 3 is 2.68 bits per heavy atom. The van der Waals surface area contributed by atoms with E-state index in [1.54, 1.807) is 12.5 Å². The van der Waals surface area contributed by atoms with Gasteiger partial charge in [0.1, 0.15) is 10.8 Å². The van der Waals surface area contributed by atoms with E-state index in [1.165, 1.54) is 25.7 Å². The topological polar surface area (TPSA) is 43.6 Å². The van der Waals surface area contributed by atoms with E-state index in [0.29, 0.717) is 16.9 Å². The Hall–Kier alpha value is -0.940. The minimum absolute atomic E-state index is 0.480. The molecule has 1 aliphatic rings. The summed E-state index contributed by atoms with van der Waals surface area (Å²) in [7, 11) is 1.93. The van der Waals surface area contributed by atoms with Crippen molar-refractivity contribution in [2.24, 2.45) is 7.05 Å². The van der Waals surface area contributed by atoms with E-state index in [2.05, 4.69) is 25.9 Å². The van der Waals surface area contributed by atoms with Crippen molar-refractivity contribution in [3.8, 4) is 11.5 Å². The first kappa shape index (κ1) is 13.1. The van der Waals surface area contributed by atoms with Gasteiger partial charge in [0.15, 0.2) is 5.82 Å². The van der Waals surface area contributed by atoms with Crippen LogP contribution in [0.3, 0.4) is 0 Å². The molecular weight excluding hydrogens is 328 g/mol. The van der Waals surface area contributed by atoms with Crippen LogP contribution in [-0.2, 0) is 7.05 Å². The van der Waals surface area contributed by atoms with Gasteiger partial charge in [-0.05, 0) is 28.8 Å². The van der Waals surface area contributed by atoms with Gasteiger partial charge < -0.3 is 4.57 Å².